The molecule has 13 heteroatoms. The molecule has 19 heavy (non-hydrogen) atoms. The van der Waals surface area contributed by atoms with Gasteiger partial charge in [-0.05, 0) is 0 Å². The monoisotopic (exact) mass is 1720 g/mol. The standard InChI is InChI=1S/C6HI13/c7-1(3(10,11)5(14,15)16)2(8,9)4(12,13)6(17,18)19/h1H. The third kappa shape index (κ3) is 7.60. The van der Waals surface area contributed by atoms with Crippen LogP contribution in [0.15, 0.2) is 0 Å². The molecular formula is C6HI13. The fourth-order valence-corrected chi connectivity index (χ4v) is 15.6. The normalized spacial score (nSPS) is 17.5. The van der Waals surface area contributed by atoms with Crippen molar-refractivity contribution in [2.24, 2.45) is 0 Å². The molecule has 0 aliphatic rings. The maximum absolute atomic E-state index is 2.67. The molecule has 0 aliphatic heterocycles. The molecule has 116 valence electrons. The number of rotatable bonds is 5. The summed E-state index contributed by atoms with van der Waals surface area (Å²) in [5, 5.41) is 0. The van der Waals surface area contributed by atoms with Crippen molar-refractivity contribution >= 4 is 294 Å². The van der Waals surface area contributed by atoms with E-state index in [0.717, 1.165) is 0 Å². The minimum atomic E-state index is 0.126. The Balaban J connectivity index is 5.70. The SMILES string of the molecule is IC(C(I)(I)C(I)(I)I)C(I)(I)C(I)(I)C(I)(I)I. The second kappa shape index (κ2) is 10.7. The van der Waals surface area contributed by atoms with Gasteiger partial charge in [-0.15, -0.1) is 0 Å². The quantitative estimate of drug-likeness (QED) is 0.190. The first-order valence-corrected chi connectivity index (χ1v) is 18.0. The molecule has 0 nitrogen and oxygen atoms in total. The van der Waals surface area contributed by atoms with E-state index in [-0.39, 0.29) is 3.16 Å². The van der Waals surface area contributed by atoms with Crippen LogP contribution in [0.4, 0.5) is 0 Å². The van der Waals surface area contributed by atoms with Crippen molar-refractivity contribution in [3.63, 3.8) is 0 Å². The number of hydrogen-bond acceptors (Lipinski definition) is 0. The van der Waals surface area contributed by atoms with Crippen molar-refractivity contribution < 1.29 is 0 Å². The molecule has 0 N–H and O–H groups in total. The Labute approximate surface area is 291 Å². The zero-order valence-corrected chi connectivity index (χ0v) is 36.0. The topological polar surface area (TPSA) is 0 Å². The van der Waals surface area contributed by atoms with Gasteiger partial charge in [-0.3, -0.25) is 0 Å². The average molecular weight is 1720 g/mol. The molecule has 0 aromatic heterocycles. The van der Waals surface area contributed by atoms with Crippen molar-refractivity contribution in [1.82, 2.24) is 0 Å². The third-order valence-electron chi connectivity index (χ3n) is 1.79. The van der Waals surface area contributed by atoms with Crippen molar-refractivity contribution in [3.05, 3.63) is 0 Å². The summed E-state index contributed by atoms with van der Waals surface area (Å²) < 4.78 is 1.25. The lowest BCUT2D eigenvalue weighted by atomic mass is 10.2. The zero-order chi connectivity index (χ0) is 16.1. The minimum Gasteiger partial charge on any atom is -0.0778 e. The van der Waals surface area contributed by atoms with Gasteiger partial charge in [-0.1, -0.05) is 294 Å². The Morgan fingerprint density at radius 2 is 0.789 bits per heavy atom. The van der Waals surface area contributed by atoms with E-state index in [9.17, 15) is 0 Å². The molecule has 0 amide bonds. The van der Waals surface area contributed by atoms with E-state index in [0.29, 0.717) is 3.92 Å². The van der Waals surface area contributed by atoms with Crippen LogP contribution in [0.25, 0.3) is 0 Å². The summed E-state index contributed by atoms with van der Waals surface area (Å²) in [6.45, 7) is 0. The van der Waals surface area contributed by atoms with Gasteiger partial charge in [0.2, 0.25) is 0 Å². The molecule has 0 rings (SSSR count). The Morgan fingerprint density at radius 3 is 1.00 bits per heavy atom. The Hall–Kier alpha value is 9.49. The highest BCUT2D eigenvalue weighted by molar-refractivity contribution is 14.3. The molecule has 0 bridgehead atoms. The van der Waals surface area contributed by atoms with E-state index in [1.165, 1.54) is 0 Å². The molecule has 1 unspecified atom stereocenters. The molecular weight excluding hydrogens is 1720 g/mol. The van der Waals surface area contributed by atoms with Gasteiger partial charge in [0.05, 0.1) is 3.92 Å². The van der Waals surface area contributed by atoms with E-state index in [2.05, 4.69) is 294 Å². The maximum atomic E-state index is 2.67. The van der Waals surface area contributed by atoms with Gasteiger partial charge in [0, 0.05) is 0 Å². The first-order valence-electron chi connectivity index (χ1n) is 3.81. The van der Waals surface area contributed by atoms with E-state index in [4.69, 9.17) is 0 Å². The summed E-state index contributed by atoms with van der Waals surface area (Å²) in [6.07, 6.45) is 0. The van der Waals surface area contributed by atoms with Gasteiger partial charge in [0.1, 0.15) is 3.16 Å². The molecule has 0 heterocycles. The molecule has 0 saturated heterocycles. The third-order valence-corrected chi connectivity index (χ3v) is 39.0. The fourth-order valence-electron chi connectivity index (χ4n) is 0.719. The lowest BCUT2D eigenvalue weighted by Crippen LogP contribution is -2.56. The largest absolute Gasteiger partial charge is 0.149 e. The number of hydrogen-bond donors (Lipinski definition) is 0. The van der Waals surface area contributed by atoms with Gasteiger partial charge in [-0.25, -0.2) is 0 Å². The van der Waals surface area contributed by atoms with Crippen molar-refractivity contribution in [3.8, 4) is 0 Å². The zero-order valence-electron chi connectivity index (χ0n) is 7.99. The van der Waals surface area contributed by atoms with Crippen LogP contribution in [0.2, 0.25) is 0 Å². The average Bonchev–Trinajstić information content (AvgIpc) is 2.12. The second-order valence-electron chi connectivity index (χ2n) is 3.18. The Bertz CT molecular complexity index is 319. The van der Waals surface area contributed by atoms with Crippen LogP contribution in [-0.2, 0) is 0 Å². The van der Waals surface area contributed by atoms with Gasteiger partial charge in [0.15, 0.2) is 0 Å². The van der Waals surface area contributed by atoms with Crippen molar-refractivity contribution in [2.75, 3.05) is 0 Å². The van der Waals surface area contributed by atoms with Gasteiger partial charge in [0.25, 0.3) is 0 Å². The number of halogens is 13. The van der Waals surface area contributed by atoms with Gasteiger partial charge >= 0.3 is 0 Å². The second-order valence-corrected chi connectivity index (χ2v) is 42.8. The van der Waals surface area contributed by atoms with Crippen LogP contribution in [0.1, 0.15) is 0 Å². The van der Waals surface area contributed by atoms with Crippen LogP contribution in [0.3, 0.4) is 0 Å². The summed E-state index contributed by atoms with van der Waals surface area (Å²) in [4.78, 5) is 0. The van der Waals surface area contributed by atoms with E-state index < -0.39 is 0 Å². The smallest absolute Gasteiger partial charge is 0.0778 e. The van der Waals surface area contributed by atoms with Gasteiger partial charge < -0.3 is 0 Å². The highest BCUT2D eigenvalue weighted by atomic mass is 127. The van der Waals surface area contributed by atoms with Crippen molar-refractivity contribution in [2.45, 2.75) is 7.08 Å². The van der Waals surface area contributed by atoms with Crippen LogP contribution in [0.5, 0.6) is 0 Å². The van der Waals surface area contributed by atoms with Crippen LogP contribution < -0.4 is 0 Å². The molecule has 0 aromatic carbocycles. The molecule has 0 aromatic rings. The molecule has 0 radical (unpaired) electrons. The molecule has 1 atom stereocenters. The van der Waals surface area contributed by atoms with Crippen LogP contribution in [-0.4, -0.2) is 7.08 Å². The van der Waals surface area contributed by atoms with E-state index >= 15 is 0 Å². The Kier molecular flexibility index (Phi) is 16.0. The van der Waals surface area contributed by atoms with Crippen LogP contribution in [0, 0.1) is 0 Å². The summed E-state index contributed by atoms with van der Waals surface area (Å²) in [6, 6.07) is 0. The summed E-state index contributed by atoms with van der Waals surface area (Å²) >= 11 is 33.9. The van der Waals surface area contributed by atoms with E-state index in [1.54, 1.807) is 0 Å². The molecule has 0 saturated carbocycles. The number of alkyl halides is 13. The first kappa shape index (κ1) is 28.5. The first-order chi connectivity index (χ1) is 7.90. The predicted molar refractivity (Wildman–Crippen MR) is 200 cm³/mol. The highest BCUT2D eigenvalue weighted by Crippen LogP contribution is 2.70. The van der Waals surface area contributed by atoms with Gasteiger partial charge in [-0.2, -0.15) is 0 Å². The fraction of sp³-hybridized carbons (Fsp3) is 1.00. The van der Waals surface area contributed by atoms with Crippen LogP contribution >= 0.6 is 294 Å². The summed E-state index contributed by atoms with van der Waals surface area (Å²) in [7, 11) is 0. The Morgan fingerprint density at radius 1 is 0.474 bits per heavy atom. The molecule has 0 spiro atoms. The van der Waals surface area contributed by atoms with Crippen molar-refractivity contribution in [1.29, 1.82) is 0 Å². The lowest BCUT2D eigenvalue weighted by Gasteiger charge is -2.48. The maximum Gasteiger partial charge on any atom is 0.149 e. The summed E-state index contributed by atoms with van der Waals surface area (Å²) in [5.74, 6) is 0. The molecule has 0 aliphatic carbocycles. The highest BCUT2D eigenvalue weighted by Gasteiger charge is 2.64. The minimum absolute atomic E-state index is 0.126. The molecule has 0 fully saturated rings. The predicted octanol–water partition coefficient (Wildman–Crippen LogP) is 10.4. The van der Waals surface area contributed by atoms with E-state index in [1.807, 2.05) is 0 Å². The summed E-state index contributed by atoms with van der Waals surface area (Å²) in [5.41, 5.74) is 0. The lowest BCUT2D eigenvalue weighted by molar-refractivity contribution is 0.790.